The normalized spacial score (nSPS) is 11.3. The lowest BCUT2D eigenvalue weighted by Gasteiger charge is -2.23. The number of rotatable bonds is 19. The van der Waals surface area contributed by atoms with E-state index in [1.54, 1.807) is 24.3 Å². The second kappa shape index (κ2) is 19.8. The molecule has 0 unspecified atom stereocenters. The number of hydrogen-bond acceptors (Lipinski definition) is 9. The molecule has 2 heterocycles. The molecule has 8 aromatic rings. The predicted octanol–water partition coefficient (Wildman–Crippen LogP) is 9.89. The molecule has 0 aliphatic carbocycles. The molecule has 0 aliphatic rings. The van der Waals surface area contributed by atoms with E-state index in [1.165, 1.54) is 28.8 Å². The van der Waals surface area contributed by atoms with Crippen molar-refractivity contribution in [3.05, 3.63) is 190 Å². The summed E-state index contributed by atoms with van der Waals surface area (Å²) in [5.74, 6) is 2.45. The SMILES string of the molecule is O=c1cc(-c2ccc(OCCOCCN(CCOCCOc3ccc(-c4cc(=O)c5ccccc5o4)cc3)Cc3cccc(-c4ccccc4)c3)cc2)oc2ccccc12. The molecule has 9 heteroatoms. The van der Waals surface area contributed by atoms with Crippen LogP contribution in [0.2, 0.25) is 0 Å². The van der Waals surface area contributed by atoms with E-state index in [4.69, 9.17) is 27.8 Å². The lowest BCUT2D eigenvalue weighted by atomic mass is 10.0. The number of para-hydroxylation sites is 2. The fourth-order valence-electron chi connectivity index (χ4n) is 6.96. The van der Waals surface area contributed by atoms with Gasteiger partial charge in [0.15, 0.2) is 10.9 Å². The van der Waals surface area contributed by atoms with Gasteiger partial charge in [-0.3, -0.25) is 14.5 Å². The molecule has 60 heavy (non-hydrogen) atoms. The molecule has 0 fully saturated rings. The molecule has 0 saturated carbocycles. The van der Waals surface area contributed by atoms with Crippen LogP contribution in [0.3, 0.4) is 0 Å². The van der Waals surface area contributed by atoms with Crippen LogP contribution in [0.4, 0.5) is 0 Å². The summed E-state index contributed by atoms with van der Waals surface area (Å²) in [6, 6.07) is 51.6. The number of fused-ring (bicyclic) bond motifs is 2. The van der Waals surface area contributed by atoms with Crippen LogP contribution >= 0.6 is 0 Å². The molecule has 0 aliphatic heterocycles. The van der Waals surface area contributed by atoms with E-state index in [-0.39, 0.29) is 10.9 Å². The van der Waals surface area contributed by atoms with Gasteiger partial charge in [-0.1, -0.05) is 72.8 Å². The van der Waals surface area contributed by atoms with Gasteiger partial charge < -0.3 is 27.8 Å². The molecule has 0 atom stereocenters. The van der Waals surface area contributed by atoms with Gasteiger partial charge in [0.05, 0.1) is 37.2 Å². The lowest BCUT2D eigenvalue weighted by molar-refractivity contribution is 0.0534. The van der Waals surface area contributed by atoms with Crippen molar-refractivity contribution < 1.29 is 27.8 Å². The van der Waals surface area contributed by atoms with Crippen LogP contribution in [0.15, 0.2) is 182 Å². The second-order valence-corrected chi connectivity index (χ2v) is 14.3. The van der Waals surface area contributed by atoms with E-state index >= 15 is 0 Å². The van der Waals surface area contributed by atoms with Gasteiger partial charge in [0.1, 0.15) is 47.4 Å². The van der Waals surface area contributed by atoms with Crippen LogP contribution in [0.5, 0.6) is 11.5 Å². The molecule has 2 aromatic heterocycles. The molecular formula is C51H45NO8. The Hall–Kier alpha value is -6.78. The van der Waals surface area contributed by atoms with Crippen LogP contribution in [0.1, 0.15) is 5.56 Å². The molecule has 0 saturated heterocycles. The largest absolute Gasteiger partial charge is 0.491 e. The minimum absolute atomic E-state index is 0.0716. The first-order valence-corrected chi connectivity index (χ1v) is 20.1. The standard InChI is InChI=1S/C51H45NO8/c53-46-34-50(59-48-15-6-4-13-44(46)48)39-17-21-42(22-18-39)57-31-29-55-27-25-52(36-37-9-8-12-41(33-37)38-10-2-1-3-11-38)26-28-56-30-32-58-43-23-19-40(20-24-43)51-35-47(54)45-14-5-7-16-49(45)60-51/h1-24,33-35H,25-32,36H2. The molecule has 0 radical (unpaired) electrons. The Morgan fingerprint density at radius 1 is 0.417 bits per heavy atom. The van der Waals surface area contributed by atoms with E-state index in [2.05, 4.69) is 53.4 Å². The van der Waals surface area contributed by atoms with Crippen LogP contribution in [-0.4, -0.2) is 57.6 Å². The van der Waals surface area contributed by atoms with Crippen molar-refractivity contribution in [3.8, 4) is 45.3 Å². The summed E-state index contributed by atoms with van der Waals surface area (Å²) >= 11 is 0. The first-order chi connectivity index (χ1) is 29.6. The first-order valence-electron chi connectivity index (χ1n) is 20.1. The van der Waals surface area contributed by atoms with Gasteiger partial charge in [0, 0.05) is 42.9 Å². The zero-order valence-corrected chi connectivity index (χ0v) is 33.2. The molecule has 9 nitrogen and oxygen atoms in total. The summed E-state index contributed by atoms with van der Waals surface area (Å²) in [6.07, 6.45) is 0. The maximum Gasteiger partial charge on any atom is 0.193 e. The van der Waals surface area contributed by atoms with Gasteiger partial charge in [-0.15, -0.1) is 0 Å². The number of nitrogens with zero attached hydrogens (tertiary/aromatic N) is 1. The van der Waals surface area contributed by atoms with Crippen molar-refractivity contribution in [2.75, 3.05) is 52.7 Å². The Morgan fingerprint density at radius 3 is 1.43 bits per heavy atom. The predicted molar refractivity (Wildman–Crippen MR) is 236 cm³/mol. The number of hydrogen-bond donors (Lipinski definition) is 0. The number of ether oxygens (including phenoxy) is 4. The fraction of sp³-hybridized carbons (Fsp3) is 0.176. The summed E-state index contributed by atoms with van der Waals surface area (Å²) in [5.41, 5.74) is 6.15. The lowest BCUT2D eigenvalue weighted by Crippen LogP contribution is -2.31. The highest BCUT2D eigenvalue weighted by Crippen LogP contribution is 2.26. The fourth-order valence-corrected chi connectivity index (χ4v) is 6.96. The summed E-state index contributed by atoms with van der Waals surface area (Å²) in [4.78, 5) is 27.4. The molecule has 0 amide bonds. The summed E-state index contributed by atoms with van der Waals surface area (Å²) in [6.45, 7) is 4.90. The average molecular weight is 800 g/mol. The van der Waals surface area contributed by atoms with Crippen LogP contribution in [0.25, 0.3) is 55.7 Å². The van der Waals surface area contributed by atoms with Crippen LogP contribution in [-0.2, 0) is 16.0 Å². The highest BCUT2D eigenvalue weighted by molar-refractivity contribution is 5.79. The maximum atomic E-state index is 12.6. The third kappa shape index (κ3) is 10.4. The van der Waals surface area contributed by atoms with Crippen LogP contribution < -0.4 is 20.3 Å². The zero-order chi connectivity index (χ0) is 40.9. The number of benzene rings is 6. The van der Waals surface area contributed by atoms with Gasteiger partial charge in [-0.05, 0) is 95.6 Å². The van der Waals surface area contributed by atoms with Gasteiger partial charge in [0.2, 0.25) is 0 Å². The molecule has 302 valence electrons. The Kier molecular flexibility index (Phi) is 13.2. The third-order valence-electron chi connectivity index (χ3n) is 10.1. The topological polar surface area (TPSA) is 101 Å². The quantitative estimate of drug-likeness (QED) is 0.0740. The van der Waals surface area contributed by atoms with E-state index in [1.807, 2.05) is 78.9 Å². The maximum absolute atomic E-state index is 12.6. The third-order valence-corrected chi connectivity index (χ3v) is 10.1. The minimum atomic E-state index is -0.0716. The van der Waals surface area contributed by atoms with E-state index in [9.17, 15) is 9.59 Å². The molecule has 0 bridgehead atoms. The molecular weight excluding hydrogens is 755 g/mol. The smallest absolute Gasteiger partial charge is 0.193 e. The van der Waals surface area contributed by atoms with Crippen molar-refractivity contribution >= 4 is 21.9 Å². The molecule has 8 rings (SSSR count). The summed E-state index contributed by atoms with van der Waals surface area (Å²) in [5, 5.41) is 1.13. The second-order valence-electron chi connectivity index (χ2n) is 14.3. The van der Waals surface area contributed by atoms with Gasteiger partial charge in [-0.25, -0.2) is 0 Å². The first kappa shape index (κ1) is 40.0. The zero-order valence-electron chi connectivity index (χ0n) is 33.2. The van der Waals surface area contributed by atoms with Gasteiger partial charge in [0.25, 0.3) is 0 Å². The van der Waals surface area contributed by atoms with Crippen molar-refractivity contribution in [3.63, 3.8) is 0 Å². The van der Waals surface area contributed by atoms with Crippen molar-refractivity contribution in [1.82, 2.24) is 4.90 Å². The van der Waals surface area contributed by atoms with Gasteiger partial charge >= 0.3 is 0 Å². The minimum Gasteiger partial charge on any atom is -0.491 e. The Labute approximate surface area is 348 Å². The van der Waals surface area contributed by atoms with Crippen molar-refractivity contribution in [2.45, 2.75) is 6.54 Å². The monoisotopic (exact) mass is 799 g/mol. The molecule has 0 spiro atoms. The highest BCUT2D eigenvalue weighted by atomic mass is 16.5. The Morgan fingerprint density at radius 2 is 0.900 bits per heavy atom. The van der Waals surface area contributed by atoms with E-state index in [0.717, 1.165) is 17.7 Å². The van der Waals surface area contributed by atoms with E-state index in [0.29, 0.717) is 97.7 Å². The average Bonchev–Trinajstić information content (AvgIpc) is 3.29. The highest BCUT2D eigenvalue weighted by Gasteiger charge is 2.11. The van der Waals surface area contributed by atoms with Crippen molar-refractivity contribution in [1.29, 1.82) is 0 Å². The van der Waals surface area contributed by atoms with Crippen molar-refractivity contribution in [2.24, 2.45) is 0 Å². The van der Waals surface area contributed by atoms with Crippen LogP contribution in [0, 0.1) is 0 Å². The summed E-state index contributed by atoms with van der Waals surface area (Å²) in [7, 11) is 0. The summed E-state index contributed by atoms with van der Waals surface area (Å²) < 4.78 is 35.9. The molecule has 0 N–H and O–H groups in total. The van der Waals surface area contributed by atoms with E-state index < -0.39 is 0 Å². The molecule has 6 aromatic carbocycles. The van der Waals surface area contributed by atoms with Gasteiger partial charge in [-0.2, -0.15) is 0 Å². The Bertz CT molecular complexity index is 2600. The Balaban J connectivity index is 0.797.